The van der Waals surface area contributed by atoms with Gasteiger partial charge in [-0.25, -0.2) is 0 Å². The van der Waals surface area contributed by atoms with Crippen LogP contribution in [0.2, 0.25) is 0 Å². The topological polar surface area (TPSA) is 171 Å². The highest BCUT2D eigenvalue weighted by Gasteiger charge is 2.08. The van der Waals surface area contributed by atoms with E-state index in [9.17, 15) is 30.3 Å². The fourth-order valence-corrected chi connectivity index (χ4v) is 5.16. The number of hydrogen-bond donors (Lipinski definition) is 2. The van der Waals surface area contributed by atoms with Crippen LogP contribution in [0.15, 0.2) is 159 Å². The van der Waals surface area contributed by atoms with Gasteiger partial charge in [0.2, 0.25) is 0 Å². The molecule has 0 amide bonds. The molecule has 53 heavy (non-hydrogen) atoms. The molecule has 0 bridgehead atoms. The van der Waals surface area contributed by atoms with E-state index in [0.29, 0.717) is 5.69 Å². The number of nitrogens with one attached hydrogen (secondary N) is 1. The largest absolute Gasteiger partial charge is 0.399 e. The number of nitro benzene ring substituents is 3. The zero-order chi connectivity index (χ0) is 38.9. The Hall–Kier alpha value is -4.91. The minimum Gasteiger partial charge on any atom is -0.399 e. The van der Waals surface area contributed by atoms with Gasteiger partial charge in [-0.05, 0) is 132 Å². The fraction of sp³-hybridized carbons (Fsp3) is 0.0270. The van der Waals surface area contributed by atoms with Crippen molar-refractivity contribution in [1.29, 1.82) is 0 Å². The number of non-ortho nitro benzene ring substituents is 3. The normalized spacial score (nSPS) is 9.75. The van der Waals surface area contributed by atoms with Crippen molar-refractivity contribution in [3.8, 4) is 0 Å². The molecule has 0 saturated heterocycles. The van der Waals surface area contributed by atoms with Crippen LogP contribution in [0.25, 0.3) is 0 Å². The third kappa shape index (κ3) is 15.3. The quantitative estimate of drug-likeness (QED) is 0.0683. The number of benzene rings is 6. The molecule has 6 aromatic rings. The van der Waals surface area contributed by atoms with Crippen LogP contribution in [0.3, 0.4) is 0 Å². The second kappa shape index (κ2) is 21.6. The van der Waals surface area contributed by atoms with Crippen LogP contribution in [-0.4, -0.2) is 21.8 Å². The maximum Gasteiger partial charge on any atom is 0.269 e. The summed E-state index contributed by atoms with van der Waals surface area (Å²) in [5.74, 6) is 0. The van der Waals surface area contributed by atoms with Gasteiger partial charge in [0, 0.05) is 88.9 Å². The Kier molecular flexibility index (Phi) is 17.3. The SMILES string of the molecule is Brc1ccc(I)cc1.CN(c1ccc(Br)cc1)c1ccc([N+](=O)[O-])cc1.Nc1ccc([N+](=O)[O-])cc1.O=[N+]([O-])c1ccc(Nc2ccc(Br)cc2)cc1. The van der Waals surface area contributed by atoms with Gasteiger partial charge in [0.25, 0.3) is 17.1 Å². The Bertz CT molecular complexity index is 2050. The van der Waals surface area contributed by atoms with Gasteiger partial charge < -0.3 is 16.0 Å². The lowest BCUT2D eigenvalue weighted by atomic mass is 10.2. The Labute approximate surface area is 344 Å². The average molecular weight is 1020 g/mol. The second-order valence-electron chi connectivity index (χ2n) is 10.5. The third-order valence-corrected chi connectivity index (χ3v) is 9.09. The summed E-state index contributed by atoms with van der Waals surface area (Å²) in [6.45, 7) is 0. The molecule has 0 saturated carbocycles. The number of nitro groups is 3. The van der Waals surface area contributed by atoms with E-state index in [0.717, 1.165) is 36.2 Å². The lowest BCUT2D eigenvalue weighted by Gasteiger charge is -2.19. The van der Waals surface area contributed by atoms with Gasteiger partial charge in [0.15, 0.2) is 0 Å². The Balaban J connectivity index is 0.000000200. The van der Waals surface area contributed by atoms with E-state index in [1.165, 1.54) is 52.1 Å². The third-order valence-electron chi connectivity index (χ3n) is 6.78. The smallest absolute Gasteiger partial charge is 0.269 e. The summed E-state index contributed by atoms with van der Waals surface area (Å²) in [5, 5.41) is 34.3. The predicted molar refractivity (Wildman–Crippen MR) is 230 cm³/mol. The summed E-state index contributed by atoms with van der Waals surface area (Å²) in [5.41, 5.74) is 9.77. The van der Waals surface area contributed by atoms with Crippen molar-refractivity contribution in [2.75, 3.05) is 23.0 Å². The minimum absolute atomic E-state index is 0.0641. The van der Waals surface area contributed by atoms with Crippen molar-refractivity contribution >= 4 is 116 Å². The fourth-order valence-electron chi connectivity index (χ4n) is 4.00. The molecule has 16 heteroatoms. The van der Waals surface area contributed by atoms with Crippen molar-refractivity contribution in [2.45, 2.75) is 0 Å². The summed E-state index contributed by atoms with van der Waals surface area (Å²) in [4.78, 5) is 31.8. The molecule has 6 aromatic carbocycles. The first kappa shape index (κ1) is 42.5. The molecule has 0 aliphatic heterocycles. The highest BCUT2D eigenvalue weighted by Crippen LogP contribution is 2.27. The molecule has 272 valence electrons. The van der Waals surface area contributed by atoms with Crippen molar-refractivity contribution in [3.05, 3.63) is 193 Å². The Morgan fingerprint density at radius 2 is 0.792 bits per heavy atom. The van der Waals surface area contributed by atoms with Crippen LogP contribution in [0.4, 0.5) is 45.5 Å². The van der Waals surface area contributed by atoms with E-state index in [-0.39, 0.29) is 17.1 Å². The molecule has 0 heterocycles. The maximum atomic E-state index is 10.6. The number of rotatable bonds is 7. The van der Waals surface area contributed by atoms with Gasteiger partial charge in [-0.3, -0.25) is 30.3 Å². The van der Waals surface area contributed by atoms with E-state index >= 15 is 0 Å². The van der Waals surface area contributed by atoms with Crippen molar-refractivity contribution in [3.63, 3.8) is 0 Å². The molecule has 0 atom stereocenters. The lowest BCUT2D eigenvalue weighted by Crippen LogP contribution is -2.08. The number of nitrogen functional groups attached to an aromatic ring is 1. The van der Waals surface area contributed by atoms with Crippen LogP contribution in [-0.2, 0) is 0 Å². The number of nitrogens with zero attached hydrogens (tertiary/aromatic N) is 4. The van der Waals surface area contributed by atoms with E-state index < -0.39 is 14.8 Å². The zero-order valence-corrected chi connectivity index (χ0v) is 34.6. The summed E-state index contributed by atoms with van der Waals surface area (Å²) in [7, 11) is 1.92. The molecule has 0 aliphatic carbocycles. The number of halogens is 4. The average Bonchev–Trinajstić information content (AvgIpc) is 3.15. The van der Waals surface area contributed by atoms with Crippen molar-refractivity contribution < 1.29 is 14.8 Å². The molecular weight excluding hydrogens is 991 g/mol. The predicted octanol–water partition coefficient (Wildman–Crippen LogP) is 12.5. The van der Waals surface area contributed by atoms with Gasteiger partial charge >= 0.3 is 0 Å². The number of hydrogen-bond acceptors (Lipinski definition) is 9. The van der Waals surface area contributed by atoms with Crippen LogP contribution >= 0.6 is 70.4 Å². The number of anilines is 5. The lowest BCUT2D eigenvalue weighted by molar-refractivity contribution is -0.385. The standard InChI is InChI=1S/C13H11BrN2O2.C12H9BrN2O2.C6H4BrI.C6H6N2O2/c1-15(11-4-2-10(14)3-5-11)12-6-8-13(9-7-12)16(17)18;13-9-1-3-10(4-2-9)14-11-5-7-12(8-6-11)15(16)17;7-5-1-3-6(8)4-2-5;7-5-1-3-6(4-2-5)8(9)10/h2-9H,1H3;1-8,14H;1-4H;1-4H,7H2. The summed E-state index contributed by atoms with van der Waals surface area (Å²) in [6.07, 6.45) is 0. The minimum atomic E-state index is -0.459. The molecule has 0 aromatic heterocycles. The van der Waals surface area contributed by atoms with E-state index in [4.69, 9.17) is 5.73 Å². The first-order valence-corrected chi connectivity index (χ1v) is 18.6. The van der Waals surface area contributed by atoms with Crippen LogP contribution < -0.4 is 16.0 Å². The molecule has 0 radical (unpaired) electrons. The van der Waals surface area contributed by atoms with E-state index in [2.05, 4.69) is 87.8 Å². The van der Waals surface area contributed by atoms with E-state index in [1.54, 1.807) is 24.3 Å². The van der Waals surface area contributed by atoms with Crippen LogP contribution in [0.5, 0.6) is 0 Å². The van der Waals surface area contributed by atoms with Gasteiger partial charge in [0.1, 0.15) is 0 Å². The van der Waals surface area contributed by atoms with Gasteiger partial charge in [-0.2, -0.15) is 0 Å². The van der Waals surface area contributed by atoms with E-state index in [1.807, 2.05) is 72.6 Å². The Morgan fingerprint density at radius 1 is 0.509 bits per heavy atom. The molecule has 12 nitrogen and oxygen atoms in total. The molecule has 3 N–H and O–H groups in total. The molecule has 0 aliphatic rings. The molecule has 0 spiro atoms. The second-order valence-corrected chi connectivity index (χ2v) is 14.5. The Morgan fingerprint density at radius 3 is 1.15 bits per heavy atom. The molecule has 0 unspecified atom stereocenters. The summed E-state index contributed by atoms with van der Waals surface area (Å²) in [6, 6.07) is 42.3. The highest BCUT2D eigenvalue weighted by atomic mass is 127. The molecule has 0 fully saturated rings. The number of nitrogens with two attached hydrogens (primary N) is 1. The molecule has 6 rings (SSSR count). The molecular formula is C37H30Br3IN6O6. The zero-order valence-electron chi connectivity index (χ0n) is 27.7. The monoisotopic (exact) mass is 1020 g/mol. The van der Waals surface area contributed by atoms with Gasteiger partial charge in [0.05, 0.1) is 14.8 Å². The summed E-state index contributed by atoms with van der Waals surface area (Å²) >= 11 is 12.4. The van der Waals surface area contributed by atoms with Crippen molar-refractivity contribution in [1.82, 2.24) is 0 Å². The van der Waals surface area contributed by atoms with Crippen LogP contribution in [0, 0.1) is 33.9 Å². The van der Waals surface area contributed by atoms with Gasteiger partial charge in [-0.15, -0.1) is 0 Å². The van der Waals surface area contributed by atoms with Crippen LogP contribution in [0.1, 0.15) is 0 Å². The highest BCUT2D eigenvalue weighted by molar-refractivity contribution is 14.1. The first-order valence-electron chi connectivity index (χ1n) is 15.1. The van der Waals surface area contributed by atoms with Crippen molar-refractivity contribution in [2.24, 2.45) is 0 Å². The first-order chi connectivity index (χ1) is 25.2. The van der Waals surface area contributed by atoms with Gasteiger partial charge in [-0.1, -0.05) is 47.8 Å². The summed E-state index contributed by atoms with van der Waals surface area (Å²) < 4.78 is 4.43. The maximum absolute atomic E-state index is 10.6.